The molecule has 1 heterocycles. The zero-order valence-corrected chi connectivity index (χ0v) is 8.94. The average molecular weight is 215 g/mol. The second-order valence-electron chi connectivity index (χ2n) is 3.64. The minimum absolute atomic E-state index is 0.0127. The molecule has 0 saturated carbocycles. The van der Waals surface area contributed by atoms with Gasteiger partial charge in [0.05, 0.1) is 13.0 Å². The first kappa shape index (κ1) is 11.8. The number of rotatable bonds is 3. The number of carbonyl (C=O) groups is 2. The maximum atomic E-state index is 11.5. The molecule has 0 radical (unpaired) electrons. The second kappa shape index (κ2) is 5.58. The van der Waals surface area contributed by atoms with Crippen LogP contribution in [-0.4, -0.2) is 41.3 Å². The van der Waals surface area contributed by atoms with Gasteiger partial charge in [0, 0.05) is 12.6 Å². The van der Waals surface area contributed by atoms with Crippen LogP contribution >= 0.6 is 0 Å². The van der Waals surface area contributed by atoms with Crippen LogP contribution in [0.2, 0.25) is 0 Å². The zero-order valence-electron chi connectivity index (χ0n) is 8.94. The zero-order chi connectivity index (χ0) is 11.3. The van der Waals surface area contributed by atoms with Gasteiger partial charge in [-0.2, -0.15) is 0 Å². The Bertz CT molecular complexity index is 242. The molecule has 5 nitrogen and oxygen atoms in total. The Morgan fingerprint density at radius 1 is 1.47 bits per heavy atom. The highest BCUT2D eigenvalue weighted by atomic mass is 16.6. The van der Waals surface area contributed by atoms with E-state index in [0.29, 0.717) is 13.2 Å². The molecule has 1 amide bonds. The van der Waals surface area contributed by atoms with E-state index in [1.807, 2.05) is 0 Å². The molecule has 0 spiro atoms. The van der Waals surface area contributed by atoms with E-state index in [0.717, 1.165) is 19.3 Å². The Labute approximate surface area is 89.0 Å². The summed E-state index contributed by atoms with van der Waals surface area (Å²) in [7, 11) is 0. The number of carbonyl (C=O) groups excluding carboxylic acids is 1. The Hall–Kier alpha value is -1.26. The van der Waals surface area contributed by atoms with Crippen molar-refractivity contribution in [1.29, 1.82) is 0 Å². The van der Waals surface area contributed by atoms with E-state index < -0.39 is 5.97 Å². The number of nitrogens with zero attached hydrogens (tertiary/aromatic N) is 1. The maximum Gasteiger partial charge on any atom is 0.410 e. The summed E-state index contributed by atoms with van der Waals surface area (Å²) in [5.41, 5.74) is 0. The summed E-state index contributed by atoms with van der Waals surface area (Å²) >= 11 is 0. The van der Waals surface area contributed by atoms with E-state index in [1.54, 1.807) is 11.8 Å². The monoisotopic (exact) mass is 215 g/mol. The van der Waals surface area contributed by atoms with Crippen molar-refractivity contribution in [3.63, 3.8) is 0 Å². The normalized spacial score (nSPS) is 21.1. The third-order valence-electron chi connectivity index (χ3n) is 2.54. The van der Waals surface area contributed by atoms with Gasteiger partial charge in [0.25, 0.3) is 0 Å². The van der Waals surface area contributed by atoms with E-state index in [2.05, 4.69) is 0 Å². The van der Waals surface area contributed by atoms with Crippen LogP contribution in [0.25, 0.3) is 0 Å². The fourth-order valence-corrected chi connectivity index (χ4v) is 1.86. The summed E-state index contributed by atoms with van der Waals surface area (Å²) in [6, 6.07) is -0.199. The fourth-order valence-electron chi connectivity index (χ4n) is 1.86. The van der Waals surface area contributed by atoms with Gasteiger partial charge < -0.3 is 14.7 Å². The molecule has 1 N–H and O–H groups in total. The van der Waals surface area contributed by atoms with Gasteiger partial charge in [-0.3, -0.25) is 4.79 Å². The summed E-state index contributed by atoms with van der Waals surface area (Å²) in [5, 5.41) is 8.72. The third kappa shape index (κ3) is 3.42. The largest absolute Gasteiger partial charge is 0.481 e. The SMILES string of the molecule is CCOC(=O)N1CCCCC1CC(=O)O. The lowest BCUT2D eigenvalue weighted by atomic mass is 10.00. The first-order chi connectivity index (χ1) is 7.15. The van der Waals surface area contributed by atoms with Crippen molar-refractivity contribution in [2.75, 3.05) is 13.2 Å². The Morgan fingerprint density at radius 3 is 2.80 bits per heavy atom. The highest BCUT2D eigenvalue weighted by Crippen LogP contribution is 2.20. The number of hydrogen-bond donors (Lipinski definition) is 1. The molecule has 0 aromatic heterocycles. The molecule has 5 heteroatoms. The number of carboxylic acids is 1. The molecule has 0 bridgehead atoms. The van der Waals surface area contributed by atoms with Crippen LogP contribution in [0.5, 0.6) is 0 Å². The number of hydrogen-bond acceptors (Lipinski definition) is 3. The first-order valence-electron chi connectivity index (χ1n) is 5.30. The van der Waals surface area contributed by atoms with E-state index in [9.17, 15) is 9.59 Å². The lowest BCUT2D eigenvalue weighted by molar-refractivity contribution is -0.138. The lowest BCUT2D eigenvalue weighted by Gasteiger charge is -2.33. The van der Waals surface area contributed by atoms with Crippen molar-refractivity contribution in [2.45, 2.75) is 38.6 Å². The Kier molecular flexibility index (Phi) is 4.39. The van der Waals surface area contributed by atoms with Crippen molar-refractivity contribution in [1.82, 2.24) is 4.90 Å². The van der Waals surface area contributed by atoms with E-state index >= 15 is 0 Å². The first-order valence-corrected chi connectivity index (χ1v) is 5.30. The summed E-state index contributed by atoms with van der Waals surface area (Å²) in [5.74, 6) is -0.865. The summed E-state index contributed by atoms with van der Waals surface area (Å²) in [6.07, 6.45) is 2.29. The molecule has 86 valence electrons. The number of piperidine rings is 1. The van der Waals surface area contributed by atoms with Crippen LogP contribution in [0, 0.1) is 0 Å². The van der Waals surface area contributed by atoms with Gasteiger partial charge in [-0.1, -0.05) is 0 Å². The van der Waals surface area contributed by atoms with Gasteiger partial charge in [0.1, 0.15) is 0 Å². The van der Waals surface area contributed by atoms with E-state index in [4.69, 9.17) is 9.84 Å². The van der Waals surface area contributed by atoms with Crippen LogP contribution in [-0.2, 0) is 9.53 Å². The van der Waals surface area contributed by atoms with Crippen molar-refractivity contribution >= 4 is 12.1 Å². The molecular formula is C10H17NO4. The molecular weight excluding hydrogens is 198 g/mol. The number of likely N-dealkylation sites (tertiary alicyclic amines) is 1. The molecule has 0 aliphatic carbocycles. The van der Waals surface area contributed by atoms with Crippen LogP contribution < -0.4 is 0 Å². The van der Waals surface area contributed by atoms with Gasteiger partial charge in [-0.25, -0.2) is 4.79 Å². The maximum absolute atomic E-state index is 11.5. The van der Waals surface area contributed by atoms with E-state index in [1.165, 1.54) is 0 Å². The number of carboxylic acid groups (broad SMARTS) is 1. The highest BCUT2D eigenvalue weighted by Gasteiger charge is 2.29. The Morgan fingerprint density at radius 2 is 2.20 bits per heavy atom. The molecule has 1 atom stereocenters. The standard InChI is InChI=1S/C10H17NO4/c1-2-15-10(14)11-6-4-3-5-8(11)7-9(12)13/h8H,2-7H2,1H3,(H,12,13). The number of amides is 1. The van der Waals surface area contributed by atoms with Crippen molar-refractivity contribution in [3.05, 3.63) is 0 Å². The Balaban J connectivity index is 2.56. The minimum Gasteiger partial charge on any atom is -0.481 e. The summed E-state index contributed by atoms with van der Waals surface area (Å²) in [4.78, 5) is 23.7. The predicted octanol–water partition coefficient (Wildman–Crippen LogP) is 1.47. The van der Waals surface area contributed by atoms with Crippen LogP contribution in [0.1, 0.15) is 32.6 Å². The van der Waals surface area contributed by atoms with Gasteiger partial charge >= 0.3 is 12.1 Å². The molecule has 1 aliphatic heterocycles. The second-order valence-corrected chi connectivity index (χ2v) is 3.64. The minimum atomic E-state index is -0.865. The molecule has 15 heavy (non-hydrogen) atoms. The molecule has 1 fully saturated rings. The molecule has 1 rings (SSSR count). The predicted molar refractivity (Wildman–Crippen MR) is 53.6 cm³/mol. The molecule has 0 aromatic rings. The topological polar surface area (TPSA) is 66.8 Å². The van der Waals surface area contributed by atoms with Crippen LogP contribution in [0.15, 0.2) is 0 Å². The highest BCUT2D eigenvalue weighted by molar-refractivity contribution is 5.71. The smallest absolute Gasteiger partial charge is 0.410 e. The molecule has 1 unspecified atom stereocenters. The van der Waals surface area contributed by atoms with Crippen molar-refractivity contribution in [2.24, 2.45) is 0 Å². The van der Waals surface area contributed by atoms with Crippen LogP contribution in [0.4, 0.5) is 4.79 Å². The summed E-state index contributed by atoms with van der Waals surface area (Å²) < 4.78 is 4.89. The third-order valence-corrected chi connectivity index (χ3v) is 2.54. The molecule has 0 aromatic carbocycles. The molecule has 1 saturated heterocycles. The van der Waals surface area contributed by atoms with Gasteiger partial charge in [-0.15, -0.1) is 0 Å². The lowest BCUT2D eigenvalue weighted by Crippen LogP contribution is -2.45. The fraction of sp³-hybridized carbons (Fsp3) is 0.800. The van der Waals surface area contributed by atoms with Gasteiger partial charge in [0.2, 0.25) is 0 Å². The van der Waals surface area contributed by atoms with Gasteiger partial charge in [-0.05, 0) is 26.2 Å². The van der Waals surface area contributed by atoms with Crippen molar-refractivity contribution in [3.8, 4) is 0 Å². The van der Waals surface area contributed by atoms with E-state index in [-0.39, 0.29) is 18.6 Å². The number of aliphatic carboxylic acids is 1. The van der Waals surface area contributed by atoms with Crippen LogP contribution in [0.3, 0.4) is 0 Å². The average Bonchev–Trinajstić information content (AvgIpc) is 2.18. The quantitative estimate of drug-likeness (QED) is 0.774. The summed E-state index contributed by atoms with van der Waals surface area (Å²) in [6.45, 7) is 2.68. The van der Waals surface area contributed by atoms with Crippen molar-refractivity contribution < 1.29 is 19.4 Å². The molecule has 1 aliphatic rings. The van der Waals surface area contributed by atoms with Gasteiger partial charge in [0.15, 0.2) is 0 Å². The number of ether oxygens (including phenoxy) is 1.